The van der Waals surface area contributed by atoms with Gasteiger partial charge in [-0.1, -0.05) is 19.9 Å². The quantitative estimate of drug-likeness (QED) is 0.902. The first-order valence-electron chi connectivity index (χ1n) is 6.41. The molecule has 2 aromatic rings. The van der Waals surface area contributed by atoms with Gasteiger partial charge < -0.3 is 16.2 Å². The summed E-state index contributed by atoms with van der Waals surface area (Å²) in [6, 6.07) is 4.01. The van der Waals surface area contributed by atoms with E-state index in [-0.39, 0.29) is 23.1 Å². The minimum Gasteiger partial charge on any atom is -0.436 e. The number of hydrogen-bond acceptors (Lipinski definition) is 4. The van der Waals surface area contributed by atoms with Gasteiger partial charge in [-0.15, -0.1) is 0 Å². The van der Waals surface area contributed by atoms with Crippen LogP contribution in [0.4, 0.5) is 10.1 Å². The molecule has 0 saturated heterocycles. The fourth-order valence-corrected chi connectivity index (χ4v) is 2.02. The molecule has 0 aliphatic carbocycles. The Kier molecular flexibility index (Phi) is 3.84. The number of primary amides is 1. The summed E-state index contributed by atoms with van der Waals surface area (Å²) in [4.78, 5) is 11.4. The van der Waals surface area contributed by atoms with Gasteiger partial charge in [-0.05, 0) is 18.1 Å². The number of aromatic nitrogens is 2. The van der Waals surface area contributed by atoms with Crippen LogP contribution in [0.25, 0.3) is 0 Å². The summed E-state index contributed by atoms with van der Waals surface area (Å²) >= 11 is 0. The van der Waals surface area contributed by atoms with Gasteiger partial charge in [0.2, 0.25) is 5.88 Å². The van der Waals surface area contributed by atoms with Crippen molar-refractivity contribution in [3.05, 3.63) is 35.3 Å². The van der Waals surface area contributed by atoms with E-state index < -0.39 is 11.7 Å². The molecule has 1 aromatic heterocycles. The van der Waals surface area contributed by atoms with E-state index in [2.05, 4.69) is 5.10 Å². The number of hydrogen-bond donors (Lipinski definition) is 2. The van der Waals surface area contributed by atoms with Crippen LogP contribution in [0.5, 0.6) is 11.6 Å². The Morgan fingerprint density at radius 3 is 2.62 bits per heavy atom. The van der Waals surface area contributed by atoms with Crippen LogP contribution in [0.15, 0.2) is 18.2 Å². The zero-order valence-corrected chi connectivity index (χ0v) is 12.1. The molecule has 1 amide bonds. The Bertz CT molecular complexity index is 695. The molecular formula is C14H17FN4O2. The third kappa shape index (κ3) is 2.67. The summed E-state index contributed by atoms with van der Waals surface area (Å²) in [6.07, 6.45) is 0. The molecule has 7 heteroatoms. The predicted molar refractivity (Wildman–Crippen MR) is 76.7 cm³/mol. The third-order valence-corrected chi connectivity index (χ3v) is 3.03. The van der Waals surface area contributed by atoms with E-state index in [9.17, 15) is 9.18 Å². The largest absolute Gasteiger partial charge is 0.436 e. The molecule has 0 unspecified atom stereocenters. The maximum Gasteiger partial charge on any atom is 0.255 e. The van der Waals surface area contributed by atoms with E-state index in [0.29, 0.717) is 11.4 Å². The minimum atomic E-state index is -0.909. The van der Waals surface area contributed by atoms with Crippen LogP contribution >= 0.6 is 0 Å². The molecule has 4 N–H and O–H groups in total. The van der Waals surface area contributed by atoms with E-state index in [1.807, 2.05) is 13.8 Å². The first kappa shape index (κ1) is 14.8. The van der Waals surface area contributed by atoms with Crippen LogP contribution in [0.1, 0.15) is 35.8 Å². The summed E-state index contributed by atoms with van der Waals surface area (Å²) in [6.45, 7) is 3.89. The molecule has 2 rings (SSSR count). The highest BCUT2D eigenvalue weighted by Crippen LogP contribution is 2.34. The minimum absolute atomic E-state index is 0.00695. The van der Waals surface area contributed by atoms with Crippen molar-refractivity contribution in [2.24, 2.45) is 12.8 Å². The molecule has 0 radical (unpaired) electrons. The zero-order chi connectivity index (χ0) is 15.7. The van der Waals surface area contributed by atoms with Crippen LogP contribution in [0.2, 0.25) is 0 Å². The van der Waals surface area contributed by atoms with Crippen molar-refractivity contribution in [2.45, 2.75) is 19.8 Å². The van der Waals surface area contributed by atoms with Crippen LogP contribution < -0.4 is 16.2 Å². The van der Waals surface area contributed by atoms with Crippen LogP contribution in [0.3, 0.4) is 0 Å². The third-order valence-electron chi connectivity index (χ3n) is 3.03. The van der Waals surface area contributed by atoms with Gasteiger partial charge in [0.1, 0.15) is 22.8 Å². The van der Waals surface area contributed by atoms with E-state index in [1.54, 1.807) is 7.05 Å². The van der Waals surface area contributed by atoms with E-state index in [0.717, 1.165) is 6.07 Å². The second kappa shape index (κ2) is 5.43. The summed E-state index contributed by atoms with van der Waals surface area (Å²) in [5.74, 6) is -1.30. The molecule has 0 spiro atoms. The smallest absolute Gasteiger partial charge is 0.255 e. The van der Waals surface area contributed by atoms with Crippen molar-refractivity contribution >= 4 is 11.6 Å². The van der Waals surface area contributed by atoms with E-state index >= 15 is 0 Å². The zero-order valence-electron chi connectivity index (χ0n) is 12.1. The molecule has 21 heavy (non-hydrogen) atoms. The number of nitrogens with zero attached hydrogens (tertiary/aromatic N) is 2. The van der Waals surface area contributed by atoms with Crippen molar-refractivity contribution in [2.75, 3.05) is 5.73 Å². The molecule has 6 nitrogen and oxygen atoms in total. The Labute approximate surface area is 121 Å². The number of benzene rings is 1. The number of nitrogen functional groups attached to an aromatic ring is 1. The predicted octanol–water partition coefficient (Wildman–Crippen LogP) is 2.16. The van der Waals surface area contributed by atoms with Crippen molar-refractivity contribution in [3.63, 3.8) is 0 Å². The first-order valence-corrected chi connectivity index (χ1v) is 6.41. The fraction of sp³-hybridized carbons (Fsp3) is 0.286. The summed E-state index contributed by atoms with van der Waals surface area (Å²) in [5.41, 5.74) is 11.9. The molecule has 112 valence electrons. The topological polar surface area (TPSA) is 96.2 Å². The lowest BCUT2D eigenvalue weighted by Gasteiger charge is -2.10. The van der Waals surface area contributed by atoms with Gasteiger partial charge in [-0.25, -0.2) is 9.07 Å². The van der Waals surface area contributed by atoms with Gasteiger partial charge in [-0.3, -0.25) is 4.79 Å². The van der Waals surface area contributed by atoms with Crippen LogP contribution in [-0.4, -0.2) is 15.7 Å². The van der Waals surface area contributed by atoms with Gasteiger partial charge in [0.05, 0.1) is 5.69 Å². The number of carbonyl (C=O) groups excluding carboxylic acids is 1. The number of amides is 1. The highest BCUT2D eigenvalue weighted by Gasteiger charge is 2.21. The number of nitrogens with two attached hydrogens (primary N) is 2. The lowest BCUT2D eigenvalue weighted by atomic mass is 10.1. The number of rotatable bonds is 4. The molecule has 0 fully saturated rings. The normalized spacial score (nSPS) is 10.9. The van der Waals surface area contributed by atoms with Crippen LogP contribution in [-0.2, 0) is 7.05 Å². The molecule has 1 aromatic carbocycles. The number of ether oxygens (including phenoxy) is 1. The molecule has 1 heterocycles. The lowest BCUT2D eigenvalue weighted by molar-refractivity contribution is 0.0994. The standard InChI is InChI=1S/C14H17FN4O2/c1-7(2)12-11(16)14(19(3)18-12)21-9-6-4-5-8(15)10(9)13(17)20/h4-7H,16H2,1-3H3,(H2,17,20). The van der Waals surface area contributed by atoms with Crippen molar-refractivity contribution in [1.82, 2.24) is 9.78 Å². The van der Waals surface area contributed by atoms with Crippen molar-refractivity contribution in [3.8, 4) is 11.6 Å². The van der Waals surface area contributed by atoms with Crippen molar-refractivity contribution < 1.29 is 13.9 Å². The SMILES string of the molecule is CC(C)c1nn(C)c(Oc2cccc(F)c2C(N)=O)c1N. The Morgan fingerprint density at radius 1 is 1.43 bits per heavy atom. The number of halogens is 1. The van der Waals surface area contributed by atoms with Gasteiger partial charge in [0.15, 0.2) is 0 Å². The van der Waals surface area contributed by atoms with Gasteiger partial charge in [-0.2, -0.15) is 5.10 Å². The highest BCUT2D eigenvalue weighted by molar-refractivity contribution is 5.96. The van der Waals surface area contributed by atoms with Gasteiger partial charge in [0, 0.05) is 7.05 Å². The lowest BCUT2D eigenvalue weighted by Crippen LogP contribution is -2.14. The fourth-order valence-electron chi connectivity index (χ4n) is 2.02. The Balaban J connectivity index is 2.49. The van der Waals surface area contributed by atoms with Gasteiger partial charge >= 0.3 is 0 Å². The summed E-state index contributed by atoms with van der Waals surface area (Å²) in [5, 5.41) is 4.26. The molecule has 0 aliphatic heterocycles. The average Bonchev–Trinajstić information content (AvgIpc) is 2.66. The maximum absolute atomic E-state index is 13.7. The molecule has 0 bridgehead atoms. The van der Waals surface area contributed by atoms with Crippen molar-refractivity contribution in [1.29, 1.82) is 0 Å². The van der Waals surface area contributed by atoms with Crippen LogP contribution in [0, 0.1) is 5.82 Å². The van der Waals surface area contributed by atoms with E-state index in [1.165, 1.54) is 16.8 Å². The van der Waals surface area contributed by atoms with E-state index in [4.69, 9.17) is 16.2 Å². The summed E-state index contributed by atoms with van der Waals surface area (Å²) in [7, 11) is 1.65. The Hall–Kier alpha value is -2.57. The van der Waals surface area contributed by atoms with Gasteiger partial charge in [0.25, 0.3) is 5.91 Å². The summed E-state index contributed by atoms with van der Waals surface area (Å²) < 4.78 is 20.7. The number of anilines is 1. The monoisotopic (exact) mass is 292 g/mol. The number of aryl methyl sites for hydroxylation is 1. The second-order valence-electron chi connectivity index (χ2n) is 4.96. The maximum atomic E-state index is 13.7. The number of carbonyl (C=O) groups is 1. The average molecular weight is 292 g/mol. The molecule has 0 saturated carbocycles. The Morgan fingerprint density at radius 2 is 2.10 bits per heavy atom. The molecule has 0 atom stereocenters. The molecular weight excluding hydrogens is 275 g/mol. The highest BCUT2D eigenvalue weighted by atomic mass is 19.1. The second-order valence-corrected chi connectivity index (χ2v) is 4.96. The first-order chi connectivity index (χ1) is 9.82. The molecule has 0 aliphatic rings.